The molecular weight excluding hydrogens is 643 g/mol. The molecule has 0 radical (unpaired) electrons. The standard InChI is InChI=1S/C51H45NO/c1-3-14-37(4-2)39-19-13-20-45(29-23-39)52(46-30-24-40(25-31-46)38-15-7-5-6-8-16-38)47-32-26-41(27-33-47)42-28-34-51-49(36-42)48-21-11-9-17-43(48)35-44-18-10-12-22-50(44)53-51/h4-5,7,9-15,17-18,20-34,36H,2-3,6,8,16,19,35H2,1H3/b37-14+. The number of hydrogen-bond donors (Lipinski definition) is 0. The summed E-state index contributed by atoms with van der Waals surface area (Å²) in [5.41, 5.74) is 15.7. The zero-order valence-corrected chi connectivity index (χ0v) is 30.5. The number of hydrogen-bond acceptors (Lipinski definition) is 2. The minimum Gasteiger partial charge on any atom is -0.456 e. The molecule has 2 nitrogen and oxygen atoms in total. The van der Waals surface area contributed by atoms with Crippen LogP contribution in [-0.2, 0) is 6.42 Å². The Hall–Kier alpha value is -6.12. The molecule has 2 aliphatic carbocycles. The molecule has 260 valence electrons. The molecule has 0 amide bonds. The molecular formula is C51H45NO. The van der Waals surface area contributed by atoms with Crippen molar-refractivity contribution in [2.75, 3.05) is 4.90 Å². The molecule has 0 N–H and O–H groups in total. The van der Waals surface area contributed by atoms with Crippen LogP contribution in [-0.4, -0.2) is 0 Å². The Bertz CT molecular complexity index is 2330. The molecule has 5 aromatic carbocycles. The van der Waals surface area contributed by atoms with Crippen LogP contribution in [0, 0.1) is 0 Å². The van der Waals surface area contributed by atoms with Gasteiger partial charge in [-0.05, 0) is 137 Å². The predicted octanol–water partition coefficient (Wildman–Crippen LogP) is 14.3. The maximum Gasteiger partial charge on any atom is 0.135 e. The van der Waals surface area contributed by atoms with E-state index >= 15 is 0 Å². The summed E-state index contributed by atoms with van der Waals surface area (Å²) in [5.74, 6) is 1.80. The van der Waals surface area contributed by atoms with Crippen molar-refractivity contribution < 1.29 is 4.74 Å². The molecule has 0 saturated carbocycles. The van der Waals surface area contributed by atoms with E-state index in [0.29, 0.717) is 0 Å². The van der Waals surface area contributed by atoms with E-state index in [9.17, 15) is 0 Å². The normalized spacial score (nSPS) is 15.1. The number of benzene rings is 5. The van der Waals surface area contributed by atoms with Crippen molar-refractivity contribution in [1.29, 1.82) is 0 Å². The molecule has 3 aliphatic rings. The SMILES string of the molecule is C=C/C(=C\CC)C1=CC=C(N(c2ccc(C3=CC=CCCC3)cc2)c2ccc(-c3ccc4c(c3)-c3ccccc3Cc3ccccc3O4)cc2)C=CC1. The third kappa shape index (κ3) is 7.32. The van der Waals surface area contributed by atoms with Crippen molar-refractivity contribution in [3.05, 3.63) is 210 Å². The van der Waals surface area contributed by atoms with Gasteiger partial charge >= 0.3 is 0 Å². The van der Waals surface area contributed by atoms with Gasteiger partial charge in [-0.3, -0.25) is 0 Å². The molecule has 1 heterocycles. The topological polar surface area (TPSA) is 12.5 Å². The molecule has 2 heteroatoms. The molecule has 5 aromatic rings. The number of rotatable bonds is 8. The van der Waals surface area contributed by atoms with Crippen molar-refractivity contribution in [2.24, 2.45) is 0 Å². The van der Waals surface area contributed by atoms with Gasteiger partial charge in [0.1, 0.15) is 11.5 Å². The third-order valence-electron chi connectivity index (χ3n) is 10.4. The molecule has 0 aromatic heterocycles. The first kappa shape index (κ1) is 34.0. The third-order valence-corrected chi connectivity index (χ3v) is 10.4. The van der Waals surface area contributed by atoms with Gasteiger partial charge in [0.2, 0.25) is 0 Å². The largest absolute Gasteiger partial charge is 0.456 e. The molecule has 1 aliphatic heterocycles. The number of ether oxygens (including phenoxy) is 1. The minimum absolute atomic E-state index is 0.834. The first-order chi connectivity index (χ1) is 26.2. The average Bonchev–Trinajstić information content (AvgIpc) is 3.62. The highest BCUT2D eigenvalue weighted by Crippen LogP contribution is 2.43. The van der Waals surface area contributed by atoms with Gasteiger partial charge in [0.05, 0.1) is 0 Å². The Morgan fingerprint density at radius 1 is 0.717 bits per heavy atom. The summed E-state index contributed by atoms with van der Waals surface area (Å²) in [6, 6.07) is 41.7. The summed E-state index contributed by atoms with van der Waals surface area (Å²) in [7, 11) is 0. The molecule has 0 spiro atoms. The number of allylic oxidation sites excluding steroid dienone is 12. The van der Waals surface area contributed by atoms with Crippen LogP contribution in [0.4, 0.5) is 11.4 Å². The molecule has 0 bridgehead atoms. The molecule has 0 saturated heterocycles. The zero-order valence-electron chi connectivity index (χ0n) is 30.5. The Balaban J connectivity index is 1.17. The second-order valence-electron chi connectivity index (χ2n) is 13.9. The number of para-hydroxylation sites is 1. The highest BCUT2D eigenvalue weighted by Gasteiger charge is 2.20. The fourth-order valence-corrected chi connectivity index (χ4v) is 7.65. The van der Waals surface area contributed by atoms with Crippen molar-refractivity contribution in [1.82, 2.24) is 0 Å². The van der Waals surface area contributed by atoms with Gasteiger partial charge in [0.25, 0.3) is 0 Å². The van der Waals surface area contributed by atoms with Crippen LogP contribution >= 0.6 is 0 Å². The maximum absolute atomic E-state index is 6.56. The van der Waals surface area contributed by atoms with Crippen LogP contribution in [0.5, 0.6) is 11.5 Å². The molecule has 53 heavy (non-hydrogen) atoms. The molecule has 0 fully saturated rings. The van der Waals surface area contributed by atoms with Gasteiger partial charge in [-0.25, -0.2) is 0 Å². The lowest BCUT2D eigenvalue weighted by Gasteiger charge is -2.27. The quantitative estimate of drug-likeness (QED) is 0.148. The van der Waals surface area contributed by atoms with Crippen LogP contribution in [0.2, 0.25) is 0 Å². The maximum atomic E-state index is 6.56. The fraction of sp³-hybridized carbons (Fsp3) is 0.137. The van der Waals surface area contributed by atoms with Gasteiger partial charge in [0.15, 0.2) is 0 Å². The van der Waals surface area contributed by atoms with Crippen LogP contribution in [0.1, 0.15) is 55.7 Å². The summed E-state index contributed by atoms with van der Waals surface area (Å²) in [5, 5.41) is 0. The smallest absolute Gasteiger partial charge is 0.135 e. The number of fused-ring (bicyclic) bond motifs is 4. The first-order valence-corrected chi connectivity index (χ1v) is 18.9. The first-order valence-electron chi connectivity index (χ1n) is 18.9. The Morgan fingerprint density at radius 2 is 1.45 bits per heavy atom. The predicted molar refractivity (Wildman–Crippen MR) is 225 cm³/mol. The van der Waals surface area contributed by atoms with E-state index in [1.165, 1.54) is 45.4 Å². The highest BCUT2D eigenvalue weighted by molar-refractivity contribution is 5.82. The van der Waals surface area contributed by atoms with E-state index in [2.05, 4.69) is 176 Å². The van der Waals surface area contributed by atoms with E-state index in [1.807, 2.05) is 12.1 Å². The molecule has 0 unspecified atom stereocenters. The summed E-state index contributed by atoms with van der Waals surface area (Å²) >= 11 is 0. The molecule has 8 rings (SSSR count). The highest BCUT2D eigenvalue weighted by atomic mass is 16.5. The van der Waals surface area contributed by atoms with Crippen molar-refractivity contribution >= 4 is 16.9 Å². The minimum atomic E-state index is 0.834. The van der Waals surface area contributed by atoms with E-state index in [-0.39, 0.29) is 0 Å². The van der Waals surface area contributed by atoms with Crippen molar-refractivity contribution in [3.63, 3.8) is 0 Å². The van der Waals surface area contributed by atoms with Crippen LogP contribution < -0.4 is 9.64 Å². The monoisotopic (exact) mass is 687 g/mol. The second-order valence-corrected chi connectivity index (χ2v) is 13.9. The lowest BCUT2D eigenvalue weighted by Crippen LogP contribution is -2.15. The Labute approximate surface area is 314 Å². The second kappa shape index (κ2) is 15.6. The van der Waals surface area contributed by atoms with E-state index in [4.69, 9.17) is 4.74 Å². The van der Waals surface area contributed by atoms with Crippen molar-refractivity contribution in [2.45, 2.75) is 45.4 Å². The van der Waals surface area contributed by atoms with Gasteiger partial charge in [-0.15, -0.1) is 0 Å². The van der Waals surface area contributed by atoms with E-state index in [1.54, 1.807) is 0 Å². The summed E-state index contributed by atoms with van der Waals surface area (Å²) in [6.45, 7) is 6.27. The van der Waals surface area contributed by atoms with Crippen LogP contribution in [0.25, 0.3) is 27.8 Å². The summed E-state index contributed by atoms with van der Waals surface area (Å²) in [6.07, 6.45) is 26.1. The summed E-state index contributed by atoms with van der Waals surface area (Å²) < 4.78 is 6.56. The fourth-order valence-electron chi connectivity index (χ4n) is 7.65. The van der Waals surface area contributed by atoms with Crippen molar-refractivity contribution in [3.8, 4) is 33.8 Å². The lowest BCUT2D eigenvalue weighted by molar-refractivity contribution is 0.478. The van der Waals surface area contributed by atoms with Gasteiger partial charge in [0, 0.05) is 29.1 Å². The van der Waals surface area contributed by atoms with E-state index in [0.717, 1.165) is 77.4 Å². The van der Waals surface area contributed by atoms with E-state index < -0.39 is 0 Å². The van der Waals surface area contributed by atoms with Crippen LogP contribution in [0.15, 0.2) is 193 Å². The number of anilines is 2. The Kier molecular flexibility index (Phi) is 10.0. The lowest BCUT2D eigenvalue weighted by atomic mass is 9.91. The van der Waals surface area contributed by atoms with Gasteiger partial charge < -0.3 is 9.64 Å². The zero-order chi connectivity index (χ0) is 36.0. The number of nitrogens with zero attached hydrogens (tertiary/aromatic N) is 1. The Morgan fingerprint density at radius 3 is 2.25 bits per heavy atom. The summed E-state index contributed by atoms with van der Waals surface area (Å²) in [4.78, 5) is 2.37. The average molecular weight is 688 g/mol. The molecule has 0 atom stereocenters. The van der Waals surface area contributed by atoms with Gasteiger partial charge in [-0.1, -0.05) is 129 Å². The van der Waals surface area contributed by atoms with Crippen LogP contribution in [0.3, 0.4) is 0 Å². The van der Waals surface area contributed by atoms with Gasteiger partial charge in [-0.2, -0.15) is 0 Å².